The Morgan fingerprint density at radius 3 is 2.87 bits per heavy atom. The Morgan fingerprint density at radius 2 is 2.13 bits per heavy atom. The number of amides is 1. The molecule has 6 heteroatoms. The first-order valence-corrected chi connectivity index (χ1v) is 8.02. The van der Waals surface area contributed by atoms with Crippen LogP contribution in [0.3, 0.4) is 0 Å². The standard InChI is InChI=1S/C17H21FN2O3/c1-19-8-13(17(21)20-6-11(7-20)22-2)14-9-23-15-4-3-10(18)5-12(15)16(14)19/h3-5,11,13-14,16H,6-9H2,1-2H3/t13-,14+,16+/m1/s1. The smallest absolute Gasteiger partial charge is 0.227 e. The van der Waals surface area contributed by atoms with Gasteiger partial charge in [0.15, 0.2) is 0 Å². The van der Waals surface area contributed by atoms with E-state index in [1.54, 1.807) is 19.2 Å². The van der Waals surface area contributed by atoms with Gasteiger partial charge < -0.3 is 14.4 Å². The third-order valence-electron chi connectivity index (χ3n) is 5.41. The highest BCUT2D eigenvalue weighted by Crippen LogP contribution is 2.47. The minimum atomic E-state index is -0.262. The number of carbonyl (C=O) groups excluding carboxylic acids is 1. The van der Waals surface area contributed by atoms with Crippen LogP contribution < -0.4 is 4.74 Å². The molecule has 0 N–H and O–H groups in total. The SMILES string of the molecule is COC1CN(C(=O)[C@@H]2CN(C)[C@H]3c4cc(F)ccc4OC[C@@H]23)C1. The van der Waals surface area contributed by atoms with Crippen LogP contribution in [0.5, 0.6) is 5.75 Å². The molecule has 5 nitrogen and oxygen atoms in total. The number of ether oxygens (including phenoxy) is 2. The summed E-state index contributed by atoms with van der Waals surface area (Å²) in [5.74, 6) is 0.613. The zero-order chi connectivity index (χ0) is 16.1. The quantitative estimate of drug-likeness (QED) is 0.824. The highest BCUT2D eigenvalue weighted by Gasteiger charge is 2.50. The molecule has 23 heavy (non-hydrogen) atoms. The molecule has 0 saturated carbocycles. The van der Waals surface area contributed by atoms with E-state index in [1.807, 2.05) is 11.9 Å². The van der Waals surface area contributed by atoms with E-state index in [2.05, 4.69) is 4.90 Å². The predicted octanol–water partition coefficient (Wildman–Crippen LogP) is 1.29. The van der Waals surface area contributed by atoms with Gasteiger partial charge in [0, 0.05) is 44.3 Å². The molecule has 2 fully saturated rings. The summed E-state index contributed by atoms with van der Waals surface area (Å²) in [5, 5.41) is 0. The van der Waals surface area contributed by atoms with Crippen molar-refractivity contribution in [1.82, 2.24) is 9.80 Å². The van der Waals surface area contributed by atoms with Crippen LogP contribution in [0.4, 0.5) is 4.39 Å². The van der Waals surface area contributed by atoms with Gasteiger partial charge in [-0.1, -0.05) is 0 Å². The maximum Gasteiger partial charge on any atom is 0.227 e. The molecule has 1 aromatic carbocycles. The van der Waals surface area contributed by atoms with Crippen LogP contribution in [0.15, 0.2) is 18.2 Å². The van der Waals surface area contributed by atoms with Crippen LogP contribution in [0.1, 0.15) is 11.6 Å². The summed E-state index contributed by atoms with van der Waals surface area (Å²) < 4.78 is 24.7. The molecule has 0 radical (unpaired) electrons. The number of rotatable bonds is 2. The molecule has 4 rings (SSSR count). The lowest BCUT2D eigenvalue weighted by molar-refractivity contribution is -0.148. The number of benzene rings is 1. The van der Waals surface area contributed by atoms with E-state index in [0.717, 1.165) is 11.3 Å². The zero-order valence-electron chi connectivity index (χ0n) is 13.4. The van der Waals surface area contributed by atoms with E-state index >= 15 is 0 Å². The third-order valence-corrected chi connectivity index (χ3v) is 5.41. The summed E-state index contributed by atoms with van der Waals surface area (Å²) in [6.45, 7) is 2.52. The minimum Gasteiger partial charge on any atom is -0.493 e. The largest absolute Gasteiger partial charge is 0.493 e. The number of hydrogen-bond donors (Lipinski definition) is 0. The average Bonchev–Trinajstić information content (AvgIpc) is 2.83. The van der Waals surface area contributed by atoms with Crippen LogP contribution >= 0.6 is 0 Å². The van der Waals surface area contributed by atoms with Gasteiger partial charge in [0.25, 0.3) is 0 Å². The first-order valence-electron chi connectivity index (χ1n) is 8.02. The fourth-order valence-corrected chi connectivity index (χ4v) is 4.11. The van der Waals surface area contributed by atoms with Crippen LogP contribution in [0, 0.1) is 17.7 Å². The van der Waals surface area contributed by atoms with Crippen LogP contribution in [0.2, 0.25) is 0 Å². The molecule has 1 amide bonds. The van der Waals surface area contributed by atoms with Gasteiger partial charge in [0.1, 0.15) is 11.6 Å². The summed E-state index contributed by atoms with van der Waals surface area (Å²) in [7, 11) is 3.67. The Balaban J connectivity index is 1.57. The highest BCUT2D eigenvalue weighted by atomic mass is 19.1. The van der Waals surface area contributed by atoms with Gasteiger partial charge in [-0.05, 0) is 25.2 Å². The van der Waals surface area contributed by atoms with Crippen molar-refractivity contribution in [2.45, 2.75) is 12.1 Å². The normalized spacial score (nSPS) is 30.4. The fourth-order valence-electron chi connectivity index (χ4n) is 4.11. The molecule has 0 bridgehead atoms. The van der Waals surface area contributed by atoms with Gasteiger partial charge in [0.2, 0.25) is 5.91 Å². The van der Waals surface area contributed by atoms with Crippen molar-refractivity contribution < 1.29 is 18.7 Å². The summed E-state index contributed by atoms with van der Waals surface area (Å²) in [6, 6.07) is 4.69. The Bertz CT molecular complexity index is 632. The van der Waals surface area contributed by atoms with E-state index in [0.29, 0.717) is 26.2 Å². The molecule has 0 unspecified atom stereocenters. The van der Waals surface area contributed by atoms with Crippen molar-refractivity contribution in [2.24, 2.45) is 11.8 Å². The Morgan fingerprint density at radius 1 is 1.35 bits per heavy atom. The lowest BCUT2D eigenvalue weighted by Gasteiger charge is -2.40. The van der Waals surface area contributed by atoms with Gasteiger partial charge >= 0.3 is 0 Å². The van der Waals surface area contributed by atoms with Gasteiger partial charge in [-0.2, -0.15) is 0 Å². The maximum atomic E-state index is 13.6. The second-order valence-electron chi connectivity index (χ2n) is 6.75. The molecular weight excluding hydrogens is 299 g/mol. The van der Waals surface area contributed by atoms with Gasteiger partial charge in [-0.25, -0.2) is 4.39 Å². The number of fused-ring (bicyclic) bond motifs is 3. The molecular formula is C17H21FN2O3. The molecule has 3 heterocycles. The van der Waals surface area contributed by atoms with Crippen molar-refractivity contribution in [3.63, 3.8) is 0 Å². The van der Waals surface area contributed by atoms with Crippen LogP contribution in [0.25, 0.3) is 0 Å². The molecule has 1 aromatic rings. The molecule has 0 aromatic heterocycles. The topological polar surface area (TPSA) is 42.0 Å². The summed E-state index contributed by atoms with van der Waals surface area (Å²) in [4.78, 5) is 16.8. The second kappa shape index (κ2) is 5.46. The number of nitrogens with zero attached hydrogens (tertiary/aromatic N) is 2. The van der Waals surface area contributed by atoms with Crippen molar-refractivity contribution in [2.75, 3.05) is 40.4 Å². The Labute approximate surface area is 135 Å². The Hall–Kier alpha value is -1.66. The van der Waals surface area contributed by atoms with Crippen LogP contribution in [-0.2, 0) is 9.53 Å². The van der Waals surface area contributed by atoms with E-state index in [9.17, 15) is 9.18 Å². The van der Waals surface area contributed by atoms with Gasteiger partial charge in [-0.3, -0.25) is 9.69 Å². The van der Waals surface area contributed by atoms with Gasteiger partial charge in [0.05, 0.1) is 18.6 Å². The van der Waals surface area contributed by atoms with Crippen molar-refractivity contribution in [3.05, 3.63) is 29.6 Å². The maximum absolute atomic E-state index is 13.6. The molecule has 3 atom stereocenters. The Kier molecular flexibility index (Phi) is 3.54. The fraction of sp³-hybridized carbons (Fsp3) is 0.588. The average molecular weight is 320 g/mol. The van der Waals surface area contributed by atoms with Crippen molar-refractivity contribution >= 4 is 5.91 Å². The van der Waals surface area contributed by atoms with E-state index < -0.39 is 0 Å². The molecule has 2 saturated heterocycles. The first kappa shape index (κ1) is 14.9. The molecule has 0 spiro atoms. The number of methoxy groups -OCH3 is 1. The lowest BCUT2D eigenvalue weighted by Crippen LogP contribution is -2.57. The third kappa shape index (κ3) is 2.32. The number of hydrogen-bond acceptors (Lipinski definition) is 4. The molecule has 3 aliphatic heterocycles. The molecule has 124 valence electrons. The van der Waals surface area contributed by atoms with E-state index in [4.69, 9.17) is 9.47 Å². The number of likely N-dealkylation sites (tertiary alicyclic amines) is 2. The van der Waals surface area contributed by atoms with Crippen molar-refractivity contribution in [3.8, 4) is 5.75 Å². The first-order chi connectivity index (χ1) is 11.1. The number of carbonyl (C=O) groups is 1. The highest BCUT2D eigenvalue weighted by molar-refractivity contribution is 5.81. The predicted molar refractivity (Wildman–Crippen MR) is 81.6 cm³/mol. The van der Waals surface area contributed by atoms with E-state index in [-0.39, 0.29) is 35.7 Å². The monoisotopic (exact) mass is 320 g/mol. The van der Waals surface area contributed by atoms with Crippen molar-refractivity contribution in [1.29, 1.82) is 0 Å². The molecule has 3 aliphatic rings. The minimum absolute atomic E-state index is 0.0444. The number of halogens is 1. The lowest BCUT2D eigenvalue weighted by atomic mass is 9.84. The van der Waals surface area contributed by atoms with E-state index in [1.165, 1.54) is 6.07 Å². The summed E-state index contributed by atoms with van der Waals surface area (Å²) >= 11 is 0. The second-order valence-corrected chi connectivity index (χ2v) is 6.75. The zero-order valence-corrected chi connectivity index (χ0v) is 13.4. The summed E-state index contributed by atoms with van der Waals surface area (Å²) in [6.07, 6.45) is 0.159. The van der Waals surface area contributed by atoms with Gasteiger partial charge in [-0.15, -0.1) is 0 Å². The summed E-state index contributed by atoms with van der Waals surface area (Å²) in [5.41, 5.74) is 0.859. The molecule has 0 aliphatic carbocycles. The van der Waals surface area contributed by atoms with Crippen LogP contribution in [-0.4, -0.2) is 62.2 Å².